The molecule has 6 nitrogen and oxygen atoms in total. The highest BCUT2D eigenvalue weighted by molar-refractivity contribution is 6.21. The van der Waals surface area contributed by atoms with Crippen LogP contribution in [-0.4, -0.2) is 38.0 Å². The lowest BCUT2D eigenvalue weighted by molar-refractivity contribution is 0.0641. The fourth-order valence-electron chi connectivity index (χ4n) is 3.70. The summed E-state index contributed by atoms with van der Waals surface area (Å²) in [5, 5.41) is 0. The van der Waals surface area contributed by atoms with Crippen molar-refractivity contribution in [2.75, 3.05) is 21.3 Å². The van der Waals surface area contributed by atoms with Gasteiger partial charge in [0.2, 0.25) is 0 Å². The summed E-state index contributed by atoms with van der Waals surface area (Å²) in [6.07, 6.45) is 3.89. The Labute approximate surface area is 186 Å². The van der Waals surface area contributed by atoms with Crippen molar-refractivity contribution in [1.29, 1.82) is 0 Å². The van der Waals surface area contributed by atoms with E-state index in [2.05, 4.69) is 0 Å². The molecule has 6 heteroatoms. The third-order valence-corrected chi connectivity index (χ3v) is 5.35. The zero-order valence-corrected chi connectivity index (χ0v) is 18.1. The molecular formula is C26H23NO5. The van der Waals surface area contributed by atoms with Gasteiger partial charge in [-0.1, -0.05) is 30.4 Å². The average Bonchev–Trinajstić information content (AvgIpc) is 3.07. The molecule has 0 radical (unpaired) electrons. The largest absolute Gasteiger partial charge is 0.497 e. The molecule has 0 unspecified atom stereocenters. The summed E-state index contributed by atoms with van der Waals surface area (Å²) in [6.45, 7) is 0.129. The summed E-state index contributed by atoms with van der Waals surface area (Å²) in [5.41, 5.74) is 3.42. The Hall–Kier alpha value is -4.06. The van der Waals surface area contributed by atoms with Gasteiger partial charge in [-0.05, 0) is 47.5 Å². The number of imide groups is 1. The molecule has 0 spiro atoms. The molecule has 0 N–H and O–H groups in total. The van der Waals surface area contributed by atoms with Crippen molar-refractivity contribution in [3.8, 4) is 17.2 Å². The first-order valence-electron chi connectivity index (χ1n) is 10.1. The average molecular weight is 429 g/mol. The maximum Gasteiger partial charge on any atom is 0.261 e. The number of methoxy groups -OCH3 is 3. The first-order valence-corrected chi connectivity index (χ1v) is 10.1. The second-order valence-corrected chi connectivity index (χ2v) is 7.29. The fourth-order valence-corrected chi connectivity index (χ4v) is 3.70. The summed E-state index contributed by atoms with van der Waals surface area (Å²) in [4.78, 5) is 26.8. The van der Waals surface area contributed by atoms with Crippen molar-refractivity contribution < 1.29 is 23.8 Å². The monoisotopic (exact) mass is 429 g/mol. The van der Waals surface area contributed by atoms with Crippen molar-refractivity contribution in [3.05, 3.63) is 88.5 Å². The maximum atomic E-state index is 12.8. The summed E-state index contributed by atoms with van der Waals surface area (Å²) in [7, 11) is 4.79. The van der Waals surface area contributed by atoms with Gasteiger partial charge in [0.25, 0.3) is 11.8 Å². The number of benzene rings is 3. The minimum Gasteiger partial charge on any atom is -0.497 e. The third kappa shape index (κ3) is 4.07. The number of hydrogen-bond donors (Lipinski definition) is 0. The minimum atomic E-state index is -0.294. The van der Waals surface area contributed by atoms with Crippen LogP contribution in [0.1, 0.15) is 37.4 Å². The van der Waals surface area contributed by atoms with Crippen molar-refractivity contribution >= 4 is 24.0 Å². The molecule has 0 aliphatic carbocycles. The smallest absolute Gasteiger partial charge is 0.261 e. The van der Waals surface area contributed by atoms with Gasteiger partial charge in [0.15, 0.2) is 0 Å². The van der Waals surface area contributed by atoms with Gasteiger partial charge in [-0.15, -0.1) is 0 Å². The lowest BCUT2D eigenvalue weighted by atomic mass is 10.1. The van der Waals surface area contributed by atoms with E-state index >= 15 is 0 Å². The van der Waals surface area contributed by atoms with E-state index in [1.54, 1.807) is 45.6 Å². The van der Waals surface area contributed by atoms with Crippen LogP contribution in [0, 0.1) is 0 Å². The van der Waals surface area contributed by atoms with Gasteiger partial charge in [-0.2, -0.15) is 0 Å². The summed E-state index contributed by atoms with van der Waals surface area (Å²) in [5.74, 6) is 1.42. The number of nitrogens with zero attached hydrogens (tertiary/aromatic N) is 1. The molecule has 162 valence electrons. The van der Waals surface area contributed by atoms with Gasteiger partial charge in [0.05, 0.1) is 39.0 Å². The Kier molecular flexibility index (Phi) is 5.94. The van der Waals surface area contributed by atoms with Gasteiger partial charge < -0.3 is 14.2 Å². The molecule has 3 aromatic carbocycles. The molecule has 2 amide bonds. The van der Waals surface area contributed by atoms with Crippen LogP contribution in [-0.2, 0) is 6.54 Å². The molecule has 0 saturated carbocycles. The van der Waals surface area contributed by atoms with Crippen LogP contribution < -0.4 is 14.2 Å². The molecule has 1 heterocycles. The minimum absolute atomic E-state index is 0.129. The van der Waals surface area contributed by atoms with Crippen molar-refractivity contribution in [3.63, 3.8) is 0 Å². The zero-order chi connectivity index (χ0) is 22.7. The molecule has 32 heavy (non-hydrogen) atoms. The first-order chi connectivity index (χ1) is 15.5. The van der Waals surface area contributed by atoms with E-state index in [9.17, 15) is 9.59 Å². The highest BCUT2D eigenvalue weighted by Crippen LogP contribution is 2.29. The topological polar surface area (TPSA) is 65.1 Å². The zero-order valence-electron chi connectivity index (χ0n) is 18.1. The number of carbonyl (C=O) groups is 2. The molecule has 1 aliphatic rings. The van der Waals surface area contributed by atoms with Crippen LogP contribution in [0.25, 0.3) is 12.2 Å². The van der Waals surface area contributed by atoms with Gasteiger partial charge in [-0.3, -0.25) is 14.5 Å². The lowest BCUT2D eigenvalue weighted by Gasteiger charge is -2.16. The van der Waals surface area contributed by atoms with Crippen LogP contribution in [0.4, 0.5) is 0 Å². The van der Waals surface area contributed by atoms with E-state index in [0.717, 1.165) is 16.7 Å². The van der Waals surface area contributed by atoms with Crippen LogP contribution in [0.2, 0.25) is 0 Å². The third-order valence-electron chi connectivity index (χ3n) is 5.35. The number of amides is 2. The van der Waals surface area contributed by atoms with Crippen LogP contribution in [0.5, 0.6) is 17.2 Å². The Morgan fingerprint density at radius 2 is 1.31 bits per heavy atom. The van der Waals surface area contributed by atoms with Crippen LogP contribution in [0.15, 0.2) is 60.7 Å². The Bertz CT molecular complexity index is 1160. The summed E-state index contributed by atoms with van der Waals surface area (Å²) >= 11 is 0. The number of carbonyl (C=O) groups excluding carboxylic acids is 2. The number of hydrogen-bond acceptors (Lipinski definition) is 5. The molecule has 4 rings (SSSR count). The van der Waals surface area contributed by atoms with E-state index in [1.807, 2.05) is 48.6 Å². The highest BCUT2D eigenvalue weighted by Gasteiger charge is 2.35. The molecule has 0 atom stereocenters. The second kappa shape index (κ2) is 8.98. The normalized spacial score (nSPS) is 12.9. The first kappa shape index (κ1) is 21.2. The van der Waals surface area contributed by atoms with Crippen LogP contribution in [0.3, 0.4) is 0 Å². The predicted octanol–water partition coefficient (Wildman–Crippen LogP) is 4.68. The van der Waals surface area contributed by atoms with Gasteiger partial charge >= 0.3 is 0 Å². The van der Waals surface area contributed by atoms with Gasteiger partial charge in [-0.25, -0.2) is 0 Å². The van der Waals surface area contributed by atoms with Gasteiger partial charge in [0, 0.05) is 11.6 Å². The SMILES string of the molecule is COc1cc(/C=C\c2ccc(OC)c(CN3C(=O)c4ccccc4C3=O)c2)cc(OC)c1. The lowest BCUT2D eigenvalue weighted by Crippen LogP contribution is -2.29. The molecule has 0 fully saturated rings. The van der Waals surface area contributed by atoms with Crippen molar-refractivity contribution in [2.24, 2.45) is 0 Å². The van der Waals surface area contributed by atoms with E-state index in [-0.39, 0.29) is 18.4 Å². The Morgan fingerprint density at radius 1 is 0.719 bits per heavy atom. The molecule has 0 bridgehead atoms. The molecular weight excluding hydrogens is 406 g/mol. The Balaban J connectivity index is 1.61. The molecule has 0 aromatic heterocycles. The standard InChI is InChI=1S/C26H23NO5/c1-30-20-13-18(14-21(15-20)31-2)9-8-17-10-11-24(32-3)19(12-17)16-27-25(28)22-6-4-5-7-23(22)26(27)29/h4-15H,16H2,1-3H3/b9-8-. The van der Waals surface area contributed by atoms with E-state index < -0.39 is 0 Å². The second-order valence-electron chi connectivity index (χ2n) is 7.29. The summed E-state index contributed by atoms with van der Waals surface area (Å²) in [6, 6.07) is 18.1. The molecule has 3 aromatic rings. The number of rotatable bonds is 7. The van der Waals surface area contributed by atoms with E-state index in [1.165, 1.54) is 4.90 Å². The number of fused-ring (bicyclic) bond motifs is 1. The van der Waals surface area contributed by atoms with E-state index in [0.29, 0.717) is 28.4 Å². The van der Waals surface area contributed by atoms with E-state index in [4.69, 9.17) is 14.2 Å². The maximum absolute atomic E-state index is 12.8. The number of ether oxygens (including phenoxy) is 3. The fraction of sp³-hybridized carbons (Fsp3) is 0.154. The Morgan fingerprint density at radius 3 is 1.88 bits per heavy atom. The highest BCUT2D eigenvalue weighted by atomic mass is 16.5. The van der Waals surface area contributed by atoms with Crippen molar-refractivity contribution in [2.45, 2.75) is 6.54 Å². The van der Waals surface area contributed by atoms with Crippen LogP contribution >= 0.6 is 0 Å². The summed E-state index contributed by atoms with van der Waals surface area (Å²) < 4.78 is 16.1. The van der Waals surface area contributed by atoms with Gasteiger partial charge in [0.1, 0.15) is 17.2 Å². The predicted molar refractivity (Wildman–Crippen MR) is 122 cm³/mol. The molecule has 0 saturated heterocycles. The molecule has 1 aliphatic heterocycles. The quantitative estimate of drug-likeness (QED) is 0.403. The van der Waals surface area contributed by atoms with Crippen molar-refractivity contribution in [1.82, 2.24) is 4.90 Å².